The first-order valence-electron chi connectivity index (χ1n) is 10.2. The zero-order valence-electron chi connectivity index (χ0n) is 19.4. The van der Waals surface area contributed by atoms with Gasteiger partial charge in [-0.15, -0.1) is 0 Å². The first-order chi connectivity index (χ1) is 15.6. The molecule has 1 aliphatic heterocycles. The van der Waals surface area contributed by atoms with Gasteiger partial charge in [0, 0.05) is 30.7 Å². The molecule has 0 fully saturated rings. The lowest BCUT2D eigenvalue weighted by atomic mass is 10.0. The zero-order valence-corrected chi connectivity index (χ0v) is 19.4. The molecule has 1 atom stereocenters. The number of allylic oxidation sites excluding steroid dienone is 4. The van der Waals surface area contributed by atoms with Crippen molar-refractivity contribution in [3.8, 4) is 11.5 Å². The maximum Gasteiger partial charge on any atom is 0.270 e. The number of phenols is 1. The first kappa shape index (κ1) is 29.0. The molecular formula is C24H30N2O7. The minimum Gasteiger partial charge on any atom is -0.508 e. The van der Waals surface area contributed by atoms with Crippen LogP contribution >= 0.6 is 0 Å². The molecule has 0 bridgehead atoms. The van der Waals surface area contributed by atoms with E-state index in [0.29, 0.717) is 11.3 Å². The summed E-state index contributed by atoms with van der Waals surface area (Å²) in [5.74, 6) is 0.363. The molecule has 1 N–H and O–H groups in total. The van der Waals surface area contributed by atoms with Crippen molar-refractivity contribution in [2.24, 2.45) is 0 Å². The van der Waals surface area contributed by atoms with E-state index in [2.05, 4.69) is 0 Å². The molecule has 1 aliphatic rings. The number of ketones is 1. The number of carbonyl (C=O) groups is 1. The van der Waals surface area contributed by atoms with Crippen molar-refractivity contribution in [1.82, 2.24) is 0 Å². The van der Waals surface area contributed by atoms with Crippen LogP contribution in [0.3, 0.4) is 0 Å². The van der Waals surface area contributed by atoms with E-state index in [0.717, 1.165) is 0 Å². The zero-order chi connectivity index (χ0) is 25.4. The largest absolute Gasteiger partial charge is 0.508 e. The van der Waals surface area contributed by atoms with Gasteiger partial charge in [0.15, 0.2) is 5.78 Å². The quantitative estimate of drug-likeness (QED) is 0.312. The Bertz CT molecular complexity index is 949. The predicted octanol–water partition coefficient (Wildman–Crippen LogP) is 6.41. The molecule has 2 aromatic rings. The second-order valence-electron chi connectivity index (χ2n) is 6.60. The van der Waals surface area contributed by atoms with E-state index in [4.69, 9.17) is 9.84 Å². The van der Waals surface area contributed by atoms with E-state index < -0.39 is 9.85 Å². The molecule has 1 heterocycles. The number of non-ortho nitro benzene ring substituents is 2. The Hall–Kier alpha value is -4.01. The van der Waals surface area contributed by atoms with Crippen molar-refractivity contribution in [2.45, 2.75) is 47.1 Å². The molecule has 3 rings (SSSR count). The van der Waals surface area contributed by atoms with Gasteiger partial charge in [-0.25, -0.2) is 0 Å². The summed E-state index contributed by atoms with van der Waals surface area (Å²) >= 11 is 0. The topological polar surface area (TPSA) is 133 Å². The molecule has 0 saturated heterocycles. The third-order valence-corrected chi connectivity index (χ3v) is 4.00. The van der Waals surface area contributed by atoms with Gasteiger partial charge in [-0.05, 0) is 52.8 Å². The second kappa shape index (κ2) is 15.7. The van der Waals surface area contributed by atoms with Crippen molar-refractivity contribution in [3.05, 3.63) is 92.6 Å². The molecule has 9 heteroatoms. The maximum atomic E-state index is 11.6. The predicted molar refractivity (Wildman–Crippen MR) is 128 cm³/mol. The third kappa shape index (κ3) is 11.3. The van der Waals surface area contributed by atoms with E-state index in [-0.39, 0.29) is 35.4 Å². The highest BCUT2D eigenvalue weighted by Gasteiger charge is 2.25. The normalized spacial score (nSPS) is 13.8. The highest BCUT2D eigenvalue weighted by molar-refractivity contribution is 6.00. The van der Waals surface area contributed by atoms with Gasteiger partial charge in [0.05, 0.1) is 15.4 Å². The summed E-state index contributed by atoms with van der Waals surface area (Å²) < 4.78 is 5.39. The van der Waals surface area contributed by atoms with Crippen LogP contribution in [-0.4, -0.2) is 26.8 Å². The Kier molecular flexibility index (Phi) is 13.8. The number of Topliss-reactive ketones (excluding diaryl/α,β-unsaturated/α-hetero) is 1. The average molecular weight is 459 g/mol. The lowest BCUT2D eigenvalue weighted by molar-refractivity contribution is -0.385. The molecule has 9 nitrogen and oxygen atoms in total. The highest BCUT2D eigenvalue weighted by atomic mass is 16.6. The van der Waals surface area contributed by atoms with Gasteiger partial charge in [-0.3, -0.25) is 25.0 Å². The fourth-order valence-corrected chi connectivity index (χ4v) is 2.16. The van der Waals surface area contributed by atoms with Crippen LogP contribution in [0.15, 0.2) is 66.8 Å². The van der Waals surface area contributed by atoms with Gasteiger partial charge in [0.25, 0.3) is 11.4 Å². The lowest BCUT2D eigenvalue weighted by Crippen LogP contribution is -2.23. The Morgan fingerprint density at radius 1 is 0.879 bits per heavy atom. The van der Waals surface area contributed by atoms with Gasteiger partial charge in [-0.2, -0.15) is 0 Å². The monoisotopic (exact) mass is 458 g/mol. The summed E-state index contributed by atoms with van der Waals surface area (Å²) in [6.07, 6.45) is 8.11. The Labute approximate surface area is 193 Å². The van der Waals surface area contributed by atoms with Crippen molar-refractivity contribution < 1.29 is 24.5 Å². The number of phenolic OH excluding ortho intramolecular Hbond substituents is 1. The van der Waals surface area contributed by atoms with Crippen LogP contribution in [0.2, 0.25) is 0 Å². The van der Waals surface area contributed by atoms with Gasteiger partial charge in [0.1, 0.15) is 17.6 Å². The summed E-state index contributed by atoms with van der Waals surface area (Å²) in [5.41, 5.74) is 0.209. The van der Waals surface area contributed by atoms with Gasteiger partial charge >= 0.3 is 0 Å². The van der Waals surface area contributed by atoms with Crippen LogP contribution in [-0.2, 0) is 0 Å². The van der Waals surface area contributed by atoms with Crippen molar-refractivity contribution in [2.75, 3.05) is 0 Å². The number of hydrogen-bond donors (Lipinski definition) is 1. The van der Waals surface area contributed by atoms with Gasteiger partial charge in [-0.1, -0.05) is 24.3 Å². The van der Waals surface area contributed by atoms with E-state index in [1.165, 1.54) is 42.5 Å². The standard InChI is InChI=1S/C10H9NO4.C6H5NO3.2C4H8/c1-6-4-9(12)8-5-7(11(13)14)2-3-10(8)15-6;8-6-3-1-5(2-4-6)7(9)10;2*1-3-4-2/h2-3,5-6H,4H2,1H3;1-4,8H;2*3-4H,1-2H3/b;;4-3+;4-3-. The smallest absolute Gasteiger partial charge is 0.270 e. The number of ether oxygens (including phenoxy) is 1. The van der Waals surface area contributed by atoms with Crippen molar-refractivity contribution in [1.29, 1.82) is 0 Å². The number of fused-ring (bicyclic) bond motifs is 1. The molecule has 1 unspecified atom stereocenters. The van der Waals surface area contributed by atoms with Crippen LogP contribution in [0.25, 0.3) is 0 Å². The maximum absolute atomic E-state index is 11.6. The SMILES string of the molecule is C/C=C/C.C/C=C\C.CC1CC(=O)c2cc([N+](=O)[O-])ccc2O1.O=[N+]([O-])c1ccc(O)cc1. The van der Waals surface area contributed by atoms with Crippen LogP contribution in [0, 0.1) is 20.2 Å². The molecule has 0 spiro atoms. The first-order valence-corrected chi connectivity index (χ1v) is 10.2. The summed E-state index contributed by atoms with van der Waals surface area (Å²) in [7, 11) is 0. The molecule has 0 radical (unpaired) electrons. The number of benzene rings is 2. The van der Waals surface area contributed by atoms with Crippen LogP contribution in [0.4, 0.5) is 11.4 Å². The van der Waals surface area contributed by atoms with E-state index in [1.54, 1.807) is 6.92 Å². The highest BCUT2D eigenvalue weighted by Crippen LogP contribution is 2.30. The van der Waals surface area contributed by atoms with Crippen LogP contribution < -0.4 is 4.74 Å². The molecule has 2 aromatic carbocycles. The average Bonchev–Trinajstić information content (AvgIpc) is 2.79. The van der Waals surface area contributed by atoms with Crippen LogP contribution in [0.5, 0.6) is 11.5 Å². The fourth-order valence-electron chi connectivity index (χ4n) is 2.16. The van der Waals surface area contributed by atoms with E-state index in [9.17, 15) is 25.0 Å². The molecule has 0 saturated carbocycles. The Morgan fingerprint density at radius 3 is 1.76 bits per heavy atom. The molecule has 0 amide bonds. The molecule has 33 heavy (non-hydrogen) atoms. The number of nitrogens with zero attached hydrogens (tertiary/aromatic N) is 2. The lowest BCUT2D eigenvalue weighted by Gasteiger charge is -2.21. The molecular weight excluding hydrogens is 428 g/mol. The number of nitro benzene ring substituents is 2. The van der Waals surface area contributed by atoms with E-state index in [1.807, 2.05) is 52.0 Å². The van der Waals surface area contributed by atoms with Crippen molar-refractivity contribution in [3.63, 3.8) is 0 Å². The number of carbonyl (C=O) groups excluding carboxylic acids is 1. The summed E-state index contributed by atoms with van der Waals surface area (Å²) in [6, 6.07) is 9.12. The summed E-state index contributed by atoms with van der Waals surface area (Å²) in [6.45, 7) is 9.79. The Morgan fingerprint density at radius 2 is 1.33 bits per heavy atom. The molecule has 178 valence electrons. The van der Waals surface area contributed by atoms with Gasteiger partial charge < -0.3 is 9.84 Å². The molecule has 0 aromatic heterocycles. The number of rotatable bonds is 2. The molecule has 0 aliphatic carbocycles. The third-order valence-electron chi connectivity index (χ3n) is 4.00. The summed E-state index contributed by atoms with van der Waals surface area (Å²) in [5, 5.41) is 29.3. The van der Waals surface area contributed by atoms with E-state index >= 15 is 0 Å². The summed E-state index contributed by atoms with van der Waals surface area (Å²) in [4.78, 5) is 31.1. The minimum atomic E-state index is -0.522. The second-order valence-corrected chi connectivity index (χ2v) is 6.60. The number of nitro groups is 2. The fraction of sp³-hybridized carbons (Fsp3) is 0.292. The number of aromatic hydroxyl groups is 1. The van der Waals surface area contributed by atoms with Gasteiger partial charge in [0.2, 0.25) is 0 Å². The van der Waals surface area contributed by atoms with Crippen molar-refractivity contribution >= 4 is 17.2 Å². The number of hydrogen-bond acceptors (Lipinski definition) is 7. The Balaban J connectivity index is 0.000000490. The van der Waals surface area contributed by atoms with Crippen LogP contribution in [0.1, 0.15) is 51.4 Å². The minimum absolute atomic E-state index is 0.0159.